The molecule has 1 aliphatic heterocycles. The summed E-state index contributed by atoms with van der Waals surface area (Å²) < 4.78 is 122. The monoisotopic (exact) mass is 818 g/mol. The number of methoxy groups -OCH3 is 1. The van der Waals surface area contributed by atoms with Gasteiger partial charge in [0, 0.05) is 66.7 Å². The Hall–Kier alpha value is -3.56. The quantitative estimate of drug-likeness (QED) is 0.0658. The molecule has 0 saturated carbocycles. The van der Waals surface area contributed by atoms with Crippen molar-refractivity contribution in [1.82, 2.24) is 0 Å². The van der Waals surface area contributed by atoms with Crippen LogP contribution in [-0.4, -0.2) is 100.0 Å². The highest BCUT2D eigenvalue weighted by Crippen LogP contribution is 2.51. The van der Waals surface area contributed by atoms with Gasteiger partial charge in [-0.3, -0.25) is 23.4 Å². The number of hydrogen-bond donors (Lipinski definition) is 5. The molecule has 3 rings (SSSR count). The van der Waals surface area contributed by atoms with Gasteiger partial charge in [0.05, 0.1) is 22.2 Å². The predicted molar refractivity (Wildman–Crippen MR) is 199 cm³/mol. The zero-order valence-electron chi connectivity index (χ0n) is 30.2. The molecule has 2 atom stereocenters. The van der Waals surface area contributed by atoms with Gasteiger partial charge in [0.2, 0.25) is 0 Å². The minimum atomic E-state index is -4.74. The minimum Gasteiger partial charge on any atom is -0.481 e. The fraction of sp³-hybridized carbons (Fsp3) is 0.486. The Kier molecular flexibility index (Phi) is 15.3. The number of aliphatic hydroxyl groups excluding tert-OH is 1. The number of anilines is 1. The lowest BCUT2D eigenvalue weighted by Crippen LogP contribution is -2.34. The van der Waals surface area contributed by atoms with E-state index in [1.54, 1.807) is 37.0 Å². The molecule has 0 radical (unpaired) electrons. The van der Waals surface area contributed by atoms with Gasteiger partial charge in [0.1, 0.15) is 5.82 Å². The van der Waals surface area contributed by atoms with Crippen molar-refractivity contribution in [3.8, 4) is 0 Å². The van der Waals surface area contributed by atoms with Gasteiger partial charge in [0.25, 0.3) is 30.4 Å². The average Bonchev–Trinajstić information content (AvgIpc) is 3.29. The number of hydrogen-bond acceptors (Lipinski definition) is 11. The molecule has 0 aromatic heterocycles. The van der Waals surface area contributed by atoms with Crippen LogP contribution < -0.4 is 4.90 Å². The van der Waals surface area contributed by atoms with Crippen molar-refractivity contribution < 1.29 is 63.0 Å². The van der Waals surface area contributed by atoms with E-state index in [0.717, 1.165) is 18.2 Å². The Labute approximate surface area is 315 Å². The average molecular weight is 819 g/mol. The van der Waals surface area contributed by atoms with Gasteiger partial charge in [-0.1, -0.05) is 12.5 Å². The number of carboxylic acids is 1. The number of allylic oxidation sites excluding steroid dienone is 4. The SMILES string of the molecule is COCCC(C)(C(/C=C/C=C1/N(CCO)c2ccc(S(=O)(=O)O)cc2C1(C)CCCS(=O)(=O)O)=N/CCCCCC(=O)O)c1cc(S(=O)(=O)O)ccc1F. The van der Waals surface area contributed by atoms with Crippen LogP contribution in [0.4, 0.5) is 10.1 Å². The summed E-state index contributed by atoms with van der Waals surface area (Å²) in [6.07, 6.45) is 6.16. The minimum absolute atomic E-state index is 0.0161. The number of ether oxygens (including phenoxy) is 1. The van der Waals surface area contributed by atoms with Gasteiger partial charge in [-0.15, -0.1) is 0 Å². The molecule has 0 fully saturated rings. The summed E-state index contributed by atoms with van der Waals surface area (Å²) in [5, 5.41) is 19.0. The molecule has 2 unspecified atom stereocenters. The van der Waals surface area contributed by atoms with Crippen LogP contribution in [0.1, 0.15) is 69.9 Å². The molecular formula is C35H47FN2O13S3. The molecule has 0 amide bonds. The molecule has 5 N–H and O–H groups in total. The summed E-state index contributed by atoms with van der Waals surface area (Å²) in [6.45, 7) is 3.24. The third-order valence-electron chi connectivity index (χ3n) is 9.45. The molecule has 19 heteroatoms. The van der Waals surface area contributed by atoms with Crippen molar-refractivity contribution >= 4 is 47.7 Å². The van der Waals surface area contributed by atoms with E-state index in [1.807, 2.05) is 0 Å². The number of aliphatic carboxylic acids is 1. The Morgan fingerprint density at radius 1 is 0.981 bits per heavy atom. The molecule has 1 heterocycles. The van der Waals surface area contributed by atoms with Crippen LogP contribution in [0.15, 0.2) is 75.1 Å². The summed E-state index contributed by atoms with van der Waals surface area (Å²) in [6, 6.07) is 6.76. The van der Waals surface area contributed by atoms with E-state index in [2.05, 4.69) is 0 Å². The zero-order chi connectivity index (χ0) is 40.5. The van der Waals surface area contributed by atoms with Crippen LogP contribution in [0.5, 0.6) is 0 Å². The smallest absolute Gasteiger partial charge is 0.303 e. The van der Waals surface area contributed by atoms with Gasteiger partial charge in [0.15, 0.2) is 0 Å². The molecule has 1 aliphatic rings. The fourth-order valence-corrected chi connectivity index (χ4v) is 8.13. The Morgan fingerprint density at radius 3 is 2.22 bits per heavy atom. The van der Waals surface area contributed by atoms with Crippen molar-refractivity contribution in [1.29, 1.82) is 0 Å². The van der Waals surface area contributed by atoms with Gasteiger partial charge in [-0.2, -0.15) is 25.3 Å². The van der Waals surface area contributed by atoms with E-state index in [9.17, 15) is 48.8 Å². The number of fused-ring (bicyclic) bond motifs is 1. The number of aliphatic hydroxyl groups is 1. The van der Waals surface area contributed by atoms with Crippen LogP contribution >= 0.6 is 0 Å². The van der Waals surface area contributed by atoms with Crippen molar-refractivity contribution in [2.45, 2.75) is 79.4 Å². The second-order valence-corrected chi connectivity index (χ2v) is 17.7. The number of benzene rings is 2. The summed E-state index contributed by atoms with van der Waals surface area (Å²) in [5.41, 5.74) is -1.04. The maximum Gasteiger partial charge on any atom is 0.303 e. The van der Waals surface area contributed by atoms with E-state index in [0.29, 0.717) is 36.2 Å². The number of aliphatic imine (C=N–C) groups is 1. The van der Waals surface area contributed by atoms with Crippen molar-refractivity contribution in [2.24, 2.45) is 4.99 Å². The second kappa shape index (κ2) is 18.4. The maximum absolute atomic E-state index is 15.7. The van der Waals surface area contributed by atoms with Crippen LogP contribution in [0.25, 0.3) is 0 Å². The molecule has 0 spiro atoms. The second-order valence-electron chi connectivity index (χ2n) is 13.3. The van der Waals surface area contributed by atoms with Gasteiger partial charge < -0.3 is 19.8 Å². The van der Waals surface area contributed by atoms with Gasteiger partial charge >= 0.3 is 5.97 Å². The van der Waals surface area contributed by atoms with E-state index in [-0.39, 0.29) is 63.3 Å². The molecule has 0 saturated heterocycles. The van der Waals surface area contributed by atoms with Crippen LogP contribution in [0, 0.1) is 5.82 Å². The Morgan fingerprint density at radius 2 is 1.63 bits per heavy atom. The standard InChI is InChI=1S/C35H47FN2O13S3/c1-34(17-21-51-3,27-23-25(53(45,46)47)12-14-29(27)36)31(37-18-6-4-5-11-33(40)41)9-7-10-32-35(2,16-8-22-52(42,43)44)28-24-26(54(48,49)50)13-15-30(28)38(32)19-20-39/h7,9-10,12-15,23-24,39H,4-6,8,11,16-22H2,1-3H3,(H,40,41)(H,42,43,44)(H,45,46,47)(H,48,49,50)/b9-7+,32-10+,37-31+. The third kappa shape index (κ3) is 11.5. The number of β-amino-alcohol motifs (C(OH)–C–C–N with tert-alkyl or cyclic N) is 1. The third-order valence-corrected chi connectivity index (χ3v) is 12.0. The van der Waals surface area contributed by atoms with E-state index in [4.69, 9.17) is 14.8 Å². The van der Waals surface area contributed by atoms with E-state index < -0.39 is 68.5 Å². The number of carbonyl (C=O) groups is 1. The van der Waals surface area contributed by atoms with E-state index >= 15 is 4.39 Å². The normalized spacial score (nSPS) is 18.7. The Balaban J connectivity index is 2.26. The first-order valence-electron chi connectivity index (χ1n) is 17.0. The fourth-order valence-electron chi connectivity index (χ4n) is 6.60. The number of nitrogens with zero attached hydrogens (tertiary/aromatic N) is 2. The number of carboxylic acid groups (broad SMARTS) is 1. The zero-order valence-corrected chi connectivity index (χ0v) is 32.6. The van der Waals surface area contributed by atoms with Crippen molar-refractivity contribution in [3.05, 3.63) is 77.3 Å². The molecule has 0 bridgehead atoms. The summed E-state index contributed by atoms with van der Waals surface area (Å²) in [4.78, 5) is 16.5. The maximum atomic E-state index is 15.7. The largest absolute Gasteiger partial charge is 0.481 e. The molecular weight excluding hydrogens is 772 g/mol. The van der Waals surface area contributed by atoms with Gasteiger partial charge in [-0.05, 0) is 100 Å². The first-order valence-corrected chi connectivity index (χ1v) is 21.4. The van der Waals surface area contributed by atoms with E-state index in [1.165, 1.54) is 25.3 Å². The number of rotatable bonds is 21. The molecule has 54 heavy (non-hydrogen) atoms. The highest BCUT2D eigenvalue weighted by atomic mass is 32.2. The lowest BCUT2D eigenvalue weighted by atomic mass is 9.74. The Bertz CT molecular complexity index is 2100. The van der Waals surface area contributed by atoms with Gasteiger partial charge in [-0.25, -0.2) is 4.39 Å². The van der Waals surface area contributed by atoms with Crippen LogP contribution in [0.3, 0.4) is 0 Å². The van der Waals surface area contributed by atoms with Crippen LogP contribution in [0.2, 0.25) is 0 Å². The molecule has 300 valence electrons. The molecule has 15 nitrogen and oxygen atoms in total. The number of unbranched alkanes of at least 4 members (excludes halogenated alkanes) is 2. The summed E-state index contributed by atoms with van der Waals surface area (Å²) in [5.74, 6) is -2.34. The topological polar surface area (TPSA) is 245 Å². The highest BCUT2D eigenvalue weighted by molar-refractivity contribution is 7.86. The van der Waals surface area contributed by atoms with Crippen molar-refractivity contribution in [2.75, 3.05) is 44.1 Å². The molecule has 2 aromatic rings. The lowest BCUT2D eigenvalue weighted by Gasteiger charge is -2.32. The summed E-state index contributed by atoms with van der Waals surface area (Å²) >= 11 is 0. The first kappa shape index (κ1) is 44.8. The first-order chi connectivity index (χ1) is 25.1. The molecule has 0 aliphatic carbocycles. The molecule has 2 aromatic carbocycles. The number of halogens is 1. The van der Waals surface area contributed by atoms with Crippen molar-refractivity contribution in [3.63, 3.8) is 0 Å². The predicted octanol–water partition coefficient (Wildman–Crippen LogP) is 4.58. The summed E-state index contributed by atoms with van der Waals surface area (Å²) in [7, 11) is -12.3. The highest BCUT2D eigenvalue weighted by Gasteiger charge is 2.44. The lowest BCUT2D eigenvalue weighted by molar-refractivity contribution is -0.137. The van der Waals surface area contributed by atoms with Crippen LogP contribution in [-0.2, 0) is 50.7 Å².